The van der Waals surface area contributed by atoms with E-state index < -0.39 is 5.91 Å². The SMILES string of the molecule is CC.NC(CN1CC(OCc2ccc(F)cc2)C1)=NC(=O)c1cnc(C2CCOCC2)[nH]1. The van der Waals surface area contributed by atoms with Crippen molar-refractivity contribution >= 4 is 11.7 Å². The van der Waals surface area contributed by atoms with Gasteiger partial charge in [-0.15, -0.1) is 0 Å². The predicted octanol–water partition coefficient (Wildman–Crippen LogP) is 2.87. The minimum absolute atomic E-state index is 0.0909. The number of aromatic amines is 1. The highest BCUT2D eigenvalue weighted by Gasteiger charge is 2.28. The monoisotopic (exact) mass is 445 g/mol. The van der Waals surface area contributed by atoms with Crippen molar-refractivity contribution in [3.8, 4) is 0 Å². The van der Waals surface area contributed by atoms with E-state index in [0.29, 0.717) is 45.1 Å². The number of amidine groups is 1. The zero-order chi connectivity index (χ0) is 22.9. The lowest BCUT2D eigenvalue weighted by atomic mass is 10.00. The summed E-state index contributed by atoms with van der Waals surface area (Å²) in [7, 11) is 0. The summed E-state index contributed by atoms with van der Waals surface area (Å²) in [6.45, 7) is 7.70. The summed E-state index contributed by atoms with van der Waals surface area (Å²) in [5.41, 5.74) is 7.24. The molecule has 0 atom stereocenters. The number of hydrogen-bond acceptors (Lipinski definition) is 5. The Hall–Kier alpha value is -2.62. The summed E-state index contributed by atoms with van der Waals surface area (Å²) in [5, 5.41) is 0. The minimum atomic E-state index is -0.414. The molecule has 9 heteroatoms. The quantitative estimate of drug-likeness (QED) is 0.501. The van der Waals surface area contributed by atoms with Crippen LogP contribution in [-0.2, 0) is 16.1 Å². The lowest BCUT2D eigenvalue weighted by molar-refractivity contribution is -0.0563. The molecular formula is C23H32FN5O3. The number of aromatic nitrogens is 2. The topological polar surface area (TPSA) is 106 Å². The number of benzene rings is 1. The number of aliphatic imine (C=N–C) groups is 1. The van der Waals surface area contributed by atoms with Crippen molar-refractivity contribution in [1.29, 1.82) is 0 Å². The molecule has 0 unspecified atom stereocenters. The zero-order valence-corrected chi connectivity index (χ0v) is 18.7. The summed E-state index contributed by atoms with van der Waals surface area (Å²) in [4.78, 5) is 25.8. The smallest absolute Gasteiger partial charge is 0.296 e. The van der Waals surface area contributed by atoms with Crippen molar-refractivity contribution in [2.45, 2.75) is 45.3 Å². The molecule has 174 valence electrons. The molecule has 1 aromatic heterocycles. The lowest BCUT2D eigenvalue weighted by Crippen LogP contribution is -2.54. The molecule has 0 radical (unpaired) electrons. The van der Waals surface area contributed by atoms with Gasteiger partial charge in [-0.1, -0.05) is 26.0 Å². The third kappa shape index (κ3) is 6.69. The largest absolute Gasteiger partial charge is 0.386 e. The van der Waals surface area contributed by atoms with Crippen LogP contribution >= 0.6 is 0 Å². The van der Waals surface area contributed by atoms with E-state index in [1.165, 1.54) is 18.3 Å². The van der Waals surface area contributed by atoms with Crippen molar-refractivity contribution in [3.05, 3.63) is 53.4 Å². The van der Waals surface area contributed by atoms with E-state index in [1.54, 1.807) is 12.1 Å². The maximum atomic E-state index is 12.9. The van der Waals surface area contributed by atoms with E-state index in [1.807, 2.05) is 13.8 Å². The first-order valence-electron chi connectivity index (χ1n) is 11.2. The molecule has 1 amide bonds. The summed E-state index contributed by atoms with van der Waals surface area (Å²) in [5.74, 6) is 0.684. The molecule has 2 aliphatic rings. The van der Waals surface area contributed by atoms with Crippen LogP contribution in [0.5, 0.6) is 0 Å². The molecule has 1 aromatic carbocycles. The van der Waals surface area contributed by atoms with E-state index >= 15 is 0 Å². The molecule has 4 rings (SSSR count). The molecule has 3 heterocycles. The highest BCUT2D eigenvalue weighted by molar-refractivity contribution is 6.02. The fourth-order valence-corrected chi connectivity index (χ4v) is 3.63. The number of nitrogens with zero attached hydrogens (tertiary/aromatic N) is 3. The number of carbonyl (C=O) groups is 1. The Labute approximate surface area is 188 Å². The van der Waals surface area contributed by atoms with Gasteiger partial charge in [-0.25, -0.2) is 9.37 Å². The van der Waals surface area contributed by atoms with Gasteiger partial charge in [-0.05, 0) is 30.5 Å². The summed E-state index contributed by atoms with van der Waals surface area (Å²) >= 11 is 0. The lowest BCUT2D eigenvalue weighted by Gasteiger charge is -2.38. The average molecular weight is 446 g/mol. The number of halogens is 1. The number of imidazole rings is 1. The summed E-state index contributed by atoms with van der Waals surface area (Å²) in [6.07, 6.45) is 3.40. The number of amides is 1. The van der Waals surface area contributed by atoms with E-state index in [2.05, 4.69) is 19.9 Å². The van der Waals surface area contributed by atoms with Crippen molar-refractivity contribution in [2.24, 2.45) is 10.7 Å². The highest BCUT2D eigenvalue weighted by Crippen LogP contribution is 2.24. The van der Waals surface area contributed by atoms with Crippen molar-refractivity contribution < 1.29 is 18.7 Å². The van der Waals surface area contributed by atoms with Gasteiger partial charge in [0.05, 0.1) is 25.5 Å². The molecule has 2 fully saturated rings. The molecular weight excluding hydrogens is 413 g/mol. The van der Waals surface area contributed by atoms with E-state index in [0.717, 1.165) is 24.2 Å². The van der Waals surface area contributed by atoms with Gasteiger partial charge in [0.1, 0.15) is 23.2 Å². The summed E-state index contributed by atoms with van der Waals surface area (Å²) < 4.78 is 24.1. The minimum Gasteiger partial charge on any atom is -0.386 e. The van der Waals surface area contributed by atoms with Gasteiger partial charge < -0.3 is 20.2 Å². The van der Waals surface area contributed by atoms with Gasteiger partial charge in [-0.2, -0.15) is 4.99 Å². The molecule has 0 aliphatic carbocycles. The normalized spacial score (nSPS) is 18.0. The average Bonchev–Trinajstić information content (AvgIpc) is 3.29. The Morgan fingerprint density at radius 3 is 2.66 bits per heavy atom. The van der Waals surface area contributed by atoms with Crippen LogP contribution < -0.4 is 5.73 Å². The Morgan fingerprint density at radius 2 is 1.97 bits per heavy atom. The second-order valence-electron chi connectivity index (χ2n) is 7.73. The number of ether oxygens (including phenoxy) is 2. The van der Waals surface area contributed by atoms with Crippen molar-refractivity contribution in [3.63, 3.8) is 0 Å². The van der Waals surface area contributed by atoms with Gasteiger partial charge in [0, 0.05) is 32.2 Å². The second-order valence-corrected chi connectivity index (χ2v) is 7.73. The number of H-pyrrole nitrogens is 1. The van der Waals surface area contributed by atoms with E-state index in [4.69, 9.17) is 15.2 Å². The standard InChI is InChI=1S/C21H26FN5O3.C2H6/c22-16-3-1-14(2-4-16)13-30-17-10-27(11-17)12-19(23)26-21(28)18-9-24-20(25-18)15-5-7-29-8-6-15;1-2/h1-4,9,15,17H,5-8,10-13H2,(H,24,25)(H2,23,26,28);1-2H3. The number of nitrogens with two attached hydrogens (primary N) is 1. The highest BCUT2D eigenvalue weighted by atomic mass is 19.1. The van der Waals surface area contributed by atoms with Gasteiger partial charge in [0.15, 0.2) is 0 Å². The van der Waals surface area contributed by atoms with Gasteiger partial charge >= 0.3 is 0 Å². The molecule has 0 spiro atoms. The van der Waals surface area contributed by atoms with E-state index in [9.17, 15) is 9.18 Å². The van der Waals surface area contributed by atoms with Crippen molar-refractivity contribution in [1.82, 2.24) is 14.9 Å². The molecule has 2 aliphatic heterocycles. The van der Waals surface area contributed by atoms with Crippen LogP contribution in [0.4, 0.5) is 4.39 Å². The molecule has 2 saturated heterocycles. The fraction of sp³-hybridized carbons (Fsp3) is 0.522. The maximum Gasteiger partial charge on any atom is 0.296 e. The van der Waals surface area contributed by atoms with Gasteiger partial charge in [0.2, 0.25) is 0 Å². The van der Waals surface area contributed by atoms with Crippen LogP contribution in [0.1, 0.15) is 54.5 Å². The molecule has 8 nitrogen and oxygen atoms in total. The van der Waals surface area contributed by atoms with Crippen LogP contribution in [-0.4, -0.2) is 65.6 Å². The first kappa shape index (κ1) is 24.0. The van der Waals surface area contributed by atoms with Crippen LogP contribution in [0.25, 0.3) is 0 Å². The number of likely N-dealkylation sites (tertiary alicyclic amines) is 1. The second kappa shape index (κ2) is 11.8. The van der Waals surface area contributed by atoms with Gasteiger partial charge in [-0.3, -0.25) is 9.69 Å². The molecule has 3 N–H and O–H groups in total. The Morgan fingerprint density at radius 1 is 1.28 bits per heavy atom. The van der Waals surface area contributed by atoms with E-state index in [-0.39, 0.29) is 23.7 Å². The first-order chi connectivity index (χ1) is 15.6. The van der Waals surface area contributed by atoms with Crippen LogP contribution in [0.3, 0.4) is 0 Å². The zero-order valence-electron chi connectivity index (χ0n) is 18.7. The molecule has 0 saturated carbocycles. The molecule has 32 heavy (non-hydrogen) atoms. The molecule has 0 bridgehead atoms. The van der Waals surface area contributed by atoms with Crippen LogP contribution in [0.15, 0.2) is 35.5 Å². The Kier molecular flexibility index (Phi) is 8.90. The third-order valence-corrected chi connectivity index (χ3v) is 5.39. The number of carbonyl (C=O) groups excluding carboxylic acids is 1. The maximum absolute atomic E-state index is 12.9. The Bertz CT molecular complexity index is 887. The van der Waals surface area contributed by atoms with Crippen molar-refractivity contribution in [2.75, 3.05) is 32.8 Å². The number of nitrogens with one attached hydrogen (secondary N) is 1. The predicted molar refractivity (Wildman–Crippen MR) is 120 cm³/mol. The van der Waals surface area contributed by atoms with Crippen LogP contribution in [0, 0.1) is 5.82 Å². The number of rotatable bonds is 7. The number of hydrogen-bond donors (Lipinski definition) is 2. The molecule has 2 aromatic rings. The van der Waals surface area contributed by atoms with Gasteiger partial charge in [0.25, 0.3) is 5.91 Å². The summed E-state index contributed by atoms with van der Waals surface area (Å²) in [6, 6.07) is 6.27. The van der Waals surface area contributed by atoms with Crippen LogP contribution in [0.2, 0.25) is 0 Å². The third-order valence-electron chi connectivity index (χ3n) is 5.39. The Balaban J connectivity index is 0.00000141. The first-order valence-corrected chi connectivity index (χ1v) is 11.2. The fourth-order valence-electron chi connectivity index (χ4n) is 3.63.